The lowest BCUT2D eigenvalue weighted by atomic mass is 9.80. The van der Waals surface area contributed by atoms with Crippen LogP contribution in [0.3, 0.4) is 0 Å². The van der Waals surface area contributed by atoms with Crippen LogP contribution in [0.2, 0.25) is 0 Å². The molecule has 0 radical (unpaired) electrons. The summed E-state index contributed by atoms with van der Waals surface area (Å²) in [6.07, 6.45) is 14.6. The van der Waals surface area contributed by atoms with Crippen LogP contribution in [-0.2, 0) is 10.8 Å². The molecule has 114 heavy (non-hydrogen) atoms. The Morgan fingerprint density at radius 3 is 1.11 bits per heavy atom. The van der Waals surface area contributed by atoms with E-state index in [-0.39, 0.29) is 22.9 Å². The van der Waals surface area contributed by atoms with E-state index in [1.165, 1.54) is 284 Å². The van der Waals surface area contributed by atoms with E-state index in [0.717, 1.165) is 52.1 Å². The molecule has 4 saturated heterocycles. The van der Waals surface area contributed by atoms with Gasteiger partial charge in [-0.25, -0.2) is 0 Å². The Labute approximate surface area is 669 Å². The van der Waals surface area contributed by atoms with E-state index < -0.39 is 0 Å². The number of piperidine rings is 4. The van der Waals surface area contributed by atoms with Crippen LogP contribution in [0.1, 0.15) is 127 Å². The number of fused-ring (bicyclic) bond motifs is 13. The van der Waals surface area contributed by atoms with Crippen LogP contribution in [0.15, 0.2) is 267 Å². The maximum absolute atomic E-state index is 2.93. The molecular weight excluding hydrogens is 1380 g/mol. The first-order chi connectivity index (χ1) is 56.1. The van der Waals surface area contributed by atoms with Gasteiger partial charge in [-0.1, -0.05) is 234 Å². The Balaban J connectivity index is 0.711. The molecule has 0 amide bonds. The first-order valence-corrected chi connectivity index (χ1v) is 43.0. The molecule has 0 N–H and O–H groups in total. The first kappa shape index (κ1) is 66.8. The summed E-state index contributed by atoms with van der Waals surface area (Å²) in [6, 6.07) is 107. The van der Waals surface area contributed by atoms with Crippen molar-refractivity contribution in [2.45, 2.75) is 128 Å². The van der Waals surface area contributed by atoms with Crippen LogP contribution in [0.4, 0.5) is 22.7 Å². The predicted molar refractivity (Wildman–Crippen MR) is 488 cm³/mol. The van der Waals surface area contributed by atoms with E-state index in [0.29, 0.717) is 0 Å². The van der Waals surface area contributed by atoms with Crippen molar-refractivity contribution < 1.29 is 0 Å². The number of nitrogens with zero attached hydrogens (tertiary/aromatic N) is 4. The van der Waals surface area contributed by atoms with Gasteiger partial charge in [0.2, 0.25) is 0 Å². The van der Waals surface area contributed by atoms with Crippen LogP contribution in [-0.4, -0.2) is 51.4 Å². The zero-order valence-electron chi connectivity index (χ0n) is 66.1. The third-order valence-corrected chi connectivity index (χ3v) is 29.2. The fourth-order valence-corrected chi connectivity index (χ4v) is 23.7. The van der Waals surface area contributed by atoms with Crippen molar-refractivity contribution in [3.05, 3.63) is 289 Å². The van der Waals surface area contributed by atoms with Gasteiger partial charge in [0.05, 0.1) is 0 Å². The minimum Gasteiger partial charge on any atom is -0.372 e. The Morgan fingerprint density at radius 1 is 0.228 bits per heavy atom. The van der Waals surface area contributed by atoms with Crippen molar-refractivity contribution >= 4 is 109 Å². The molecule has 0 spiro atoms. The zero-order valence-corrected chi connectivity index (χ0v) is 66.1. The lowest BCUT2D eigenvalue weighted by Gasteiger charge is -2.49. The summed E-state index contributed by atoms with van der Waals surface area (Å²) in [5.74, 6) is 0. The highest BCUT2D eigenvalue weighted by Crippen LogP contribution is 2.58. The average molecular weight is 1470 g/mol. The van der Waals surface area contributed by atoms with E-state index >= 15 is 0 Å². The maximum Gasteiger partial charge on any atom is 0.0493 e. The second-order valence-corrected chi connectivity index (χ2v) is 35.8. The molecule has 0 bridgehead atoms. The van der Waals surface area contributed by atoms with E-state index in [1.807, 2.05) is 0 Å². The molecule has 0 aromatic heterocycles. The van der Waals surface area contributed by atoms with Gasteiger partial charge in [0.1, 0.15) is 0 Å². The predicted octanol–water partition coefficient (Wildman–Crippen LogP) is 28.7. The summed E-state index contributed by atoms with van der Waals surface area (Å²) in [5.41, 5.74) is 32.1. The largest absolute Gasteiger partial charge is 0.372 e. The summed E-state index contributed by atoms with van der Waals surface area (Å²) >= 11 is 0. The van der Waals surface area contributed by atoms with Gasteiger partial charge in [-0.3, -0.25) is 0 Å². The number of rotatable bonds is 9. The minimum atomic E-state index is -0.162. The standard InChI is InChI=1S/C110H94N4/c1-109(2)96-31-11-9-27-78(96)80-45-39-70(61-98(80)109)103-89-51-43-75(66-95(89)108(90-50-42-72(63-92(90)103)111-55-15-5-16-56-111)87-54-53-84-77-26-8-7-25-76(77)82-29-22-30-83(87)106(82)84)114-60-20-14-34-101(114)100-33-13-19-59-113(100)74-44-52-91-93(65-74)104(71-40-46-81-79-28-10-12-32-97(79)110(3,4)99(81)62-71)88-49-41-73(112-57-17-6-18-58-112)64-94(88)107(91)86-48-38-69-36-35-67-23-21-24-68-37-47-85(86)105(69)102(67)68/h7-12,21-32,35-54,61-66,100-101H,5-6,13-20,33-34,55-60H2,1-4H3. The van der Waals surface area contributed by atoms with Gasteiger partial charge in [0, 0.05) is 84.9 Å². The van der Waals surface area contributed by atoms with Crippen LogP contribution in [0.25, 0.3) is 175 Å². The molecule has 4 fully saturated rings. The lowest BCUT2D eigenvalue weighted by molar-refractivity contribution is 0.338. The van der Waals surface area contributed by atoms with E-state index in [9.17, 15) is 0 Å². The highest BCUT2D eigenvalue weighted by molar-refractivity contribution is 6.31. The van der Waals surface area contributed by atoms with Gasteiger partial charge < -0.3 is 19.6 Å². The Morgan fingerprint density at radius 2 is 0.588 bits per heavy atom. The van der Waals surface area contributed by atoms with Crippen molar-refractivity contribution in [1.29, 1.82) is 0 Å². The molecule has 24 rings (SSSR count). The molecule has 3 aliphatic carbocycles. The highest BCUT2D eigenvalue weighted by Gasteiger charge is 2.41. The van der Waals surface area contributed by atoms with Crippen LogP contribution < -0.4 is 19.6 Å². The summed E-state index contributed by atoms with van der Waals surface area (Å²) < 4.78 is 0. The molecule has 2 unspecified atom stereocenters. The minimum absolute atomic E-state index is 0.152. The number of benzene rings is 17. The monoisotopic (exact) mass is 1470 g/mol. The number of anilines is 4. The number of hydrogen-bond acceptors (Lipinski definition) is 4. The third kappa shape index (κ3) is 9.82. The molecule has 17 aromatic rings. The van der Waals surface area contributed by atoms with E-state index in [2.05, 4.69) is 314 Å². The smallest absolute Gasteiger partial charge is 0.0493 e. The Hall–Kier alpha value is -11.7. The highest BCUT2D eigenvalue weighted by atomic mass is 15.3. The van der Waals surface area contributed by atoms with Gasteiger partial charge in [-0.15, -0.1) is 0 Å². The maximum atomic E-state index is 2.93. The second-order valence-electron chi connectivity index (χ2n) is 35.8. The molecule has 4 heteroatoms. The van der Waals surface area contributed by atoms with E-state index in [1.54, 1.807) is 0 Å². The topological polar surface area (TPSA) is 13.0 Å². The molecule has 0 saturated carbocycles. The fourth-order valence-electron chi connectivity index (χ4n) is 23.7. The molecule has 4 heterocycles. The van der Waals surface area contributed by atoms with Crippen LogP contribution in [0.5, 0.6) is 0 Å². The average Bonchev–Trinajstić information content (AvgIpc) is 1.05. The van der Waals surface area contributed by atoms with Gasteiger partial charge >= 0.3 is 0 Å². The van der Waals surface area contributed by atoms with Crippen LogP contribution in [0, 0.1) is 0 Å². The van der Waals surface area contributed by atoms with Crippen LogP contribution >= 0.6 is 0 Å². The van der Waals surface area contributed by atoms with E-state index in [4.69, 9.17) is 0 Å². The van der Waals surface area contributed by atoms with Crippen molar-refractivity contribution in [3.8, 4) is 89.0 Å². The third-order valence-electron chi connectivity index (χ3n) is 29.2. The molecule has 554 valence electrons. The molecular formula is C110H94N4. The SMILES string of the molecule is CC1(C)c2ccccc2-c2ccc(-c3c4cc(N5CCCCC5)ccc4c(-c4ccc5c6c(cccc46)-c4ccccc4-5)c4cc(N5CCCCC5C5CCCCN5c5ccc6c(-c7ccc8ccc9cccc%10ccc7c8c9%10)c7cc(N8CCCCC8)ccc7c(-c7ccc8c(c7)C(C)(C)c7ccccc7-8)c6c5)ccc34)cc21. The Kier molecular flexibility index (Phi) is 14.9. The molecule has 4 nitrogen and oxygen atoms in total. The molecule has 17 aromatic carbocycles. The van der Waals surface area contributed by atoms with Gasteiger partial charge in [-0.2, -0.15) is 0 Å². The fraction of sp³-hybridized carbons (Fsp3) is 0.236. The summed E-state index contributed by atoms with van der Waals surface area (Å²) in [7, 11) is 0. The second kappa shape index (κ2) is 25.4. The molecule has 2 atom stereocenters. The van der Waals surface area contributed by atoms with Gasteiger partial charge in [0.15, 0.2) is 0 Å². The normalized spacial score (nSPS) is 18.1. The Bertz CT molecular complexity index is 6890. The molecule has 4 aliphatic heterocycles. The van der Waals surface area contributed by atoms with Crippen molar-refractivity contribution in [2.24, 2.45) is 0 Å². The summed E-state index contributed by atoms with van der Waals surface area (Å²) in [4.78, 5) is 11.2. The quantitative estimate of drug-likeness (QED) is 0.105. The molecule has 7 aliphatic rings. The van der Waals surface area contributed by atoms with Crippen molar-refractivity contribution in [3.63, 3.8) is 0 Å². The first-order valence-electron chi connectivity index (χ1n) is 43.0. The van der Waals surface area contributed by atoms with Gasteiger partial charge in [0.25, 0.3) is 0 Å². The van der Waals surface area contributed by atoms with Crippen molar-refractivity contribution in [1.82, 2.24) is 0 Å². The zero-order chi connectivity index (χ0) is 75.4. The van der Waals surface area contributed by atoms with Crippen molar-refractivity contribution in [2.75, 3.05) is 58.9 Å². The number of hydrogen-bond donors (Lipinski definition) is 0. The summed E-state index contributed by atoms with van der Waals surface area (Å²) in [5, 5.41) is 21.3. The lowest BCUT2D eigenvalue weighted by Crippen LogP contribution is -2.56. The summed E-state index contributed by atoms with van der Waals surface area (Å²) in [6.45, 7) is 16.2. The van der Waals surface area contributed by atoms with Gasteiger partial charge in [-0.05, 0) is 335 Å².